The van der Waals surface area contributed by atoms with Crippen molar-refractivity contribution in [2.24, 2.45) is 0 Å². The molecule has 0 aliphatic carbocycles. The number of benzene rings is 2. The fourth-order valence-electron chi connectivity index (χ4n) is 4.53. The Morgan fingerprint density at radius 1 is 0.844 bits per heavy atom. The number of para-hydroxylation sites is 1. The van der Waals surface area contributed by atoms with Crippen LogP contribution in [0.15, 0.2) is 47.4 Å². The van der Waals surface area contributed by atoms with Gasteiger partial charge < -0.3 is 14.7 Å². The molecule has 0 atom stereocenters. The highest BCUT2D eigenvalue weighted by molar-refractivity contribution is 7.89. The van der Waals surface area contributed by atoms with Crippen molar-refractivity contribution in [3.8, 4) is 0 Å². The van der Waals surface area contributed by atoms with E-state index in [2.05, 4.69) is 28.9 Å². The lowest BCUT2D eigenvalue weighted by Crippen LogP contribution is -2.49. The van der Waals surface area contributed by atoms with E-state index in [0.29, 0.717) is 18.7 Å². The molecule has 32 heavy (non-hydrogen) atoms. The van der Waals surface area contributed by atoms with Gasteiger partial charge >= 0.3 is 0 Å². The van der Waals surface area contributed by atoms with Gasteiger partial charge in [0.05, 0.1) is 10.5 Å². The number of aryl methyl sites for hydroxylation is 1. The molecule has 2 heterocycles. The standard InChI is InChI=1S/C24H32N4O3S/c1-19-8-4-5-9-22(19)27-14-16-28(17-15-27)24(29)21-18-20(32(30,31)25(2)3)10-11-23(21)26-12-6-7-13-26/h4-5,8-11,18H,6-7,12-17H2,1-3H3. The summed E-state index contributed by atoms with van der Waals surface area (Å²) in [5.41, 5.74) is 3.76. The van der Waals surface area contributed by atoms with Crippen molar-refractivity contribution in [1.29, 1.82) is 0 Å². The van der Waals surface area contributed by atoms with Gasteiger partial charge in [0.25, 0.3) is 5.91 Å². The van der Waals surface area contributed by atoms with Gasteiger partial charge in [0.2, 0.25) is 10.0 Å². The first-order chi connectivity index (χ1) is 15.3. The van der Waals surface area contributed by atoms with Crippen LogP contribution in [0.1, 0.15) is 28.8 Å². The number of carbonyl (C=O) groups excluding carboxylic acids is 1. The molecule has 4 rings (SSSR count). The molecule has 0 N–H and O–H groups in total. The minimum Gasteiger partial charge on any atom is -0.371 e. The van der Waals surface area contributed by atoms with Gasteiger partial charge in [0.15, 0.2) is 0 Å². The van der Waals surface area contributed by atoms with Gasteiger partial charge in [-0.15, -0.1) is 0 Å². The number of anilines is 2. The molecule has 172 valence electrons. The van der Waals surface area contributed by atoms with E-state index in [4.69, 9.17) is 0 Å². The monoisotopic (exact) mass is 456 g/mol. The fourth-order valence-corrected chi connectivity index (χ4v) is 5.46. The maximum atomic E-state index is 13.6. The lowest BCUT2D eigenvalue weighted by molar-refractivity contribution is 0.0747. The third-order valence-electron chi connectivity index (χ3n) is 6.45. The summed E-state index contributed by atoms with van der Waals surface area (Å²) in [5.74, 6) is -0.0906. The summed E-state index contributed by atoms with van der Waals surface area (Å²) < 4.78 is 26.6. The van der Waals surface area contributed by atoms with Crippen LogP contribution in [0.4, 0.5) is 11.4 Å². The third kappa shape index (κ3) is 4.34. The molecule has 2 aromatic rings. The molecule has 2 saturated heterocycles. The molecule has 2 aromatic carbocycles. The maximum absolute atomic E-state index is 13.6. The van der Waals surface area contributed by atoms with Crippen LogP contribution in [0.3, 0.4) is 0 Å². The van der Waals surface area contributed by atoms with Gasteiger partial charge in [-0.2, -0.15) is 0 Å². The molecule has 0 bridgehead atoms. The molecule has 8 heteroatoms. The van der Waals surface area contributed by atoms with Gasteiger partial charge in [-0.1, -0.05) is 18.2 Å². The van der Waals surface area contributed by atoms with E-state index in [-0.39, 0.29) is 10.8 Å². The Balaban J connectivity index is 1.60. The average Bonchev–Trinajstić information content (AvgIpc) is 3.33. The van der Waals surface area contributed by atoms with Crippen LogP contribution in [0.25, 0.3) is 0 Å². The van der Waals surface area contributed by atoms with E-state index >= 15 is 0 Å². The molecule has 1 amide bonds. The fraction of sp³-hybridized carbons (Fsp3) is 0.458. The average molecular weight is 457 g/mol. The van der Waals surface area contributed by atoms with Crippen LogP contribution in [0, 0.1) is 6.92 Å². The summed E-state index contributed by atoms with van der Waals surface area (Å²) in [6, 6.07) is 13.3. The van der Waals surface area contributed by atoms with Gasteiger partial charge in [-0.3, -0.25) is 4.79 Å². The largest absolute Gasteiger partial charge is 0.371 e. The highest BCUT2D eigenvalue weighted by Crippen LogP contribution is 2.30. The van der Waals surface area contributed by atoms with Crippen molar-refractivity contribution in [2.45, 2.75) is 24.7 Å². The first-order valence-corrected chi connectivity index (χ1v) is 12.6. The Labute approximate surface area is 191 Å². The zero-order valence-corrected chi connectivity index (χ0v) is 19.9. The summed E-state index contributed by atoms with van der Waals surface area (Å²) in [4.78, 5) is 20.1. The minimum absolute atomic E-state index is 0.0906. The number of hydrogen-bond acceptors (Lipinski definition) is 5. The number of amides is 1. The van der Waals surface area contributed by atoms with Crippen LogP contribution in [0.2, 0.25) is 0 Å². The minimum atomic E-state index is -3.62. The molecule has 0 spiro atoms. The summed E-state index contributed by atoms with van der Waals surface area (Å²) in [6.45, 7) is 6.61. The number of piperazine rings is 1. The number of nitrogens with zero attached hydrogens (tertiary/aromatic N) is 4. The van der Waals surface area contributed by atoms with Crippen LogP contribution >= 0.6 is 0 Å². The molecular weight excluding hydrogens is 424 g/mol. The second kappa shape index (κ2) is 9.11. The Hall–Kier alpha value is -2.58. The zero-order valence-electron chi connectivity index (χ0n) is 19.1. The Bertz CT molecular complexity index is 1090. The zero-order chi connectivity index (χ0) is 22.9. The summed E-state index contributed by atoms with van der Waals surface area (Å²) in [5, 5.41) is 0. The second-order valence-corrected chi connectivity index (χ2v) is 10.9. The van der Waals surface area contributed by atoms with Crippen LogP contribution in [0.5, 0.6) is 0 Å². The number of carbonyl (C=O) groups is 1. The number of rotatable bonds is 5. The van der Waals surface area contributed by atoms with Gasteiger partial charge in [0.1, 0.15) is 0 Å². The van der Waals surface area contributed by atoms with Gasteiger partial charge in [-0.05, 0) is 49.6 Å². The smallest absolute Gasteiger partial charge is 0.256 e. The van der Waals surface area contributed by atoms with E-state index in [0.717, 1.165) is 44.7 Å². The topological polar surface area (TPSA) is 64.2 Å². The van der Waals surface area contributed by atoms with Crippen molar-refractivity contribution in [1.82, 2.24) is 9.21 Å². The summed E-state index contributed by atoms with van der Waals surface area (Å²) in [6.07, 6.45) is 2.17. The maximum Gasteiger partial charge on any atom is 0.256 e. The van der Waals surface area contributed by atoms with E-state index in [1.54, 1.807) is 18.2 Å². The SMILES string of the molecule is Cc1ccccc1N1CCN(C(=O)c2cc(S(=O)(=O)N(C)C)ccc2N2CCCC2)CC1. The van der Waals surface area contributed by atoms with Crippen LogP contribution in [-0.2, 0) is 10.0 Å². The van der Waals surface area contributed by atoms with E-state index in [9.17, 15) is 13.2 Å². The van der Waals surface area contributed by atoms with Crippen molar-refractivity contribution in [3.63, 3.8) is 0 Å². The van der Waals surface area contributed by atoms with Crippen molar-refractivity contribution in [3.05, 3.63) is 53.6 Å². The van der Waals surface area contributed by atoms with Crippen LogP contribution < -0.4 is 9.80 Å². The Morgan fingerprint density at radius 2 is 1.47 bits per heavy atom. The molecule has 7 nitrogen and oxygen atoms in total. The number of sulfonamides is 1. The molecular formula is C24H32N4O3S. The Kier molecular flexibility index (Phi) is 6.44. The molecule has 2 aliphatic heterocycles. The van der Waals surface area contributed by atoms with Crippen molar-refractivity contribution in [2.75, 3.05) is 63.2 Å². The molecule has 0 radical (unpaired) electrons. The van der Waals surface area contributed by atoms with Gasteiger partial charge in [0, 0.05) is 64.7 Å². The Morgan fingerprint density at radius 3 is 2.09 bits per heavy atom. The third-order valence-corrected chi connectivity index (χ3v) is 8.26. The van der Waals surface area contributed by atoms with E-state index in [1.807, 2.05) is 17.0 Å². The molecule has 0 unspecified atom stereocenters. The highest BCUT2D eigenvalue weighted by atomic mass is 32.2. The molecule has 0 saturated carbocycles. The van der Waals surface area contributed by atoms with E-state index < -0.39 is 10.0 Å². The quantitative estimate of drug-likeness (QED) is 0.692. The predicted molar refractivity (Wildman–Crippen MR) is 128 cm³/mol. The van der Waals surface area contributed by atoms with Crippen LogP contribution in [-0.4, -0.2) is 76.9 Å². The summed E-state index contributed by atoms with van der Waals surface area (Å²) >= 11 is 0. The highest BCUT2D eigenvalue weighted by Gasteiger charge is 2.29. The molecule has 0 aromatic heterocycles. The van der Waals surface area contributed by atoms with Crippen molar-refractivity contribution >= 4 is 27.3 Å². The lowest BCUT2D eigenvalue weighted by Gasteiger charge is -2.37. The normalized spacial score (nSPS) is 17.3. The predicted octanol–water partition coefficient (Wildman–Crippen LogP) is 2.81. The lowest BCUT2D eigenvalue weighted by atomic mass is 10.1. The summed E-state index contributed by atoms with van der Waals surface area (Å²) in [7, 11) is -0.598. The van der Waals surface area contributed by atoms with Gasteiger partial charge in [-0.25, -0.2) is 12.7 Å². The number of hydrogen-bond donors (Lipinski definition) is 0. The van der Waals surface area contributed by atoms with Crippen molar-refractivity contribution < 1.29 is 13.2 Å². The second-order valence-electron chi connectivity index (χ2n) is 8.73. The first kappa shape index (κ1) is 22.6. The van der Waals surface area contributed by atoms with E-state index in [1.165, 1.54) is 29.7 Å². The first-order valence-electron chi connectivity index (χ1n) is 11.2. The molecule has 2 aliphatic rings. The molecule has 2 fully saturated rings.